The molecule has 0 unspecified atom stereocenters. The number of ether oxygens (including phenoxy) is 1. The summed E-state index contributed by atoms with van der Waals surface area (Å²) in [6.45, 7) is 0.391. The van der Waals surface area contributed by atoms with Crippen molar-refractivity contribution in [1.29, 1.82) is 0 Å². The molecule has 0 radical (unpaired) electrons. The zero-order valence-corrected chi connectivity index (χ0v) is 13.3. The SMILES string of the molecule is OCc1ccc(Cc2cc(Cl)ccc2OCc2ccccc2)o1. The molecule has 0 fully saturated rings. The molecule has 1 heterocycles. The average molecular weight is 329 g/mol. The van der Waals surface area contributed by atoms with Gasteiger partial charge in [-0.05, 0) is 35.9 Å². The maximum absolute atomic E-state index is 9.09. The quantitative estimate of drug-likeness (QED) is 0.719. The predicted molar refractivity (Wildman–Crippen MR) is 89.7 cm³/mol. The molecule has 2 aromatic carbocycles. The number of aliphatic hydroxyl groups excluding tert-OH is 1. The van der Waals surface area contributed by atoms with E-state index in [-0.39, 0.29) is 6.61 Å². The lowest BCUT2D eigenvalue weighted by Gasteiger charge is -2.11. The van der Waals surface area contributed by atoms with Crippen LogP contribution in [-0.2, 0) is 19.6 Å². The molecule has 3 nitrogen and oxygen atoms in total. The molecule has 118 valence electrons. The normalized spacial score (nSPS) is 10.7. The van der Waals surface area contributed by atoms with Crippen LogP contribution in [-0.4, -0.2) is 5.11 Å². The third kappa shape index (κ3) is 4.15. The van der Waals surface area contributed by atoms with Gasteiger partial charge in [0.2, 0.25) is 0 Å². The van der Waals surface area contributed by atoms with Crippen molar-refractivity contribution in [1.82, 2.24) is 0 Å². The number of rotatable bonds is 6. The van der Waals surface area contributed by atoms with Crippen LogP contribution in [0, 0.1) is 0 Å². The maximum atomic E-state index is 9.09. The minimum absolute atomic E-state index is 0.104. The highest BCUT2D eigenvalue weighted by Gasteiger charge is 2.09. The first kappa shape index (κ1) is 15.7. The van der Waals surface area contributed by atoms with E-state index in [1.165, 1.54) is 0 Å². The van der Waals surface area contributed by atoms with Gasteiger partial charge in [0.25, 0.3) is 0 Å². The molecule has 3 aromatic rings. The maximum Gasteiger partial charge on any atom is 0.129 e. The summed E-state index contributed by atoms with van der Waals surface area (Å²) in [5.41, 5.74) is 2.06. The van der Waals surface area contributed by atoms with Crippen molar-refractivity contribution < 1.29 is 14.3 Å². The minimum atomic E-state index is -0.104. The van der Waals surface area contributed by atoms with Gasteiger partial charge in [-0.1, -0.05) is 41.9 Å². The lowest BCUT2D eigenvalue weighted by atomic mass is 10.1. The Labute approximate surface area is 140 Å². The lowest BCUT2D eigenvalue weighted by molar-refractivity contribution is 0.244. The lowest BCUT2D eigenvalue weighted by Crippen LogP contribution is -1.99. The molecule has 0 aliphatic rings. The molecule has 23 heavy (non-hydrogen) atoms. The molecule has 4 heteroatoms. The highest BCUT2D eigenvalue weighted by molar-refractivity contribution is 6.30. The summed E-state index contributed by atoms with van der Waals surface area (Å²) in [5, 5.41) is 9.74. The standard InChI is InChI=1S/C19H17ClO3/c20-16-6-9-19(22-13-14-4-2-1-3-5-14)15(10-16)11-17-7-8-18(12-21)23-17/h1-10,21H,11-13H2. The van der Waals surface area contributed by atoms with Crippen LogP contribution < -0.4 is 4.74 Å². The third-order valence-corrected chi connectivity index (χ3v) is 3.73. The Morgan fingerprint density at radius 1 is 0.957 bits per heavy atom. The van der Waals surface area contributed by atoms with E-state index in [0.29, 0.717) is 23.8 Å². The van der Waals surface area contributed by atoms with Crippen LogP contribution >= 0.6 is 11.6 Å². The largest absolute Gasteiger partial charge is 0.489 e. The van der Waals surface area contributed by atoms with Crippen LogP contribution in [0.4, 0.5) is 0 Å². The fourth-order valence-electron chi connectivity index (χ4n) is 2.35. The molecule has 1 aromatic heterocycles. The van der Waals surface area contributed by atoms with Crippen LogP contribution in [0.2, 0.25) is 5.02 Å². The van der Waals surface area contributed by atoms with Crippen molar-refractivity contribution in [2.75, 3.05) is 0 Å². The number of hydrogen-bond donors (Lipinski definition) is 1. The van der Waals surface area contributed by atoms with Gasteiger partial charge in [-0.3, -0.25) is 0 Å². The van der Waals surface area contributed by atoms with Gasteiger partial charge in [0.1, 0.15) is 30.5 Å². The summed E-state index contributed by atoms with van der Waals surface area (Å²) >= 11 is 6.11. The zero-order chi connectivity index (χ0) is 16.1. The van der Waals surface area contributed by atoms with Crippen LogP contribution in [0.1, 0.15) is 22.6 Å². The highest BCUT2D eigenvalue weighted by Crippen LogP contribution is 2.27. The van der Waals surface area contributed by atoms with Crippen LogP contribution in [0.3, 0.4) is 0 Å². The first-order valence-corrected chi connectivity index (χ1v) is 7.76. The Morgan fingerprint density at radius 3 is 2.48 bits per heavy atom. The van der Waals surface area contributed by atoms with E-state index in [1.807, 2.05) is 54.6 Å². The highest BCUT2D eigenvalue weighted by atomic mass is 35.5. The van der Waals surface area contributed by atoms with Crippen molar-refractivity contribution in [2.24, 2.45) is 0 Å². The number of furan rings is 1. The molecule has 0 spiro atoms. The first-order valence-electron chi connectivity index (χ1n) is 7.38. The summed E-state index contributed by atoms with van der Waals surface area (Å²) in [5.74, 6) is 2.09. The number of halogens is 1. The van der Waals surface area contributed by atoms with Gasteiger partial charge in [-0.2, -0.15) is 0 Å². The molecule has 0 saturated heterocycles. The Kier molecular flexibility index (Phi) is 5.01. The molecule has 0 aliphatic carbocycles. The van der Waals surface area contributed by atoms with E-state index in [4.69, 9.17) is 25.9 Å². The molecular weight excluding hydrogens is 312 g/mol. The smallest absolute Gasteiger partial charge is 0.129 e. The first-order chi connectivity index (χ1) is 11.2. The van der Waals surface area contributed by atoms with Gasteiger partial charge in [0.05, 0.1) is 0 Å². The van der Waals surface area contributed by atoms with Crippen molar-refractivity contribution in [3.63, 3.8) is 0 Å². The Hall–Kier alpha value is -2.23. The summed E-state index contributed by atoms with van der Waals surface area (Å²) < 4.78 is 11.5. The molecular formula is C19H17ClO3. The van der Waals surface area contributed by atoms with E-state index < -0.39 is 0 Å². The van der Waals surface area contributed by atoms with Crippen LogP contribution in [0.15, 0.2) is 65.1 Å². The second-order valence-electron chi connectivity index (χ2n) is 5.23. The second-order valence-corrected chi connectivity index (χ2v) is 5.67. The molecule has 0 atom stereocenters. The van der Waals surface area contributed by atoms with Crippen molar-refractivity contribution in [3.8, 4) is 5.75 Å². The van der Waals surface area contributed by atoms with Gasteiger partial charge in [0, 0.05) is 17.0 Å². The summed E-state index contributed by atoms with van der Waals surface area (Å²) in [6.07, 6.45) is 0.560. The summed E-state index contributed by atoms with van der Waals surface area (Å²) in [7, 11) is 0. The Morgan fingerprint density at radius 2 is 1.74 bits per heavy atom. The molecule has 0 saturated carbocycles. The van der Waals surface area contributed by atoms with Gasteiger partial charge >= 0.3 is 0 Å². The number of aliphatic hydroxyl groups is 1. The molecule has 0 bridgehead atoms. The van der Waals surface area contributed by atoms with Crippen LogP contribution in [0.5, 0.6) is 5.75 Å². The van der Waals surface area contributed by atoms with Crippen molar-refractivity contribution in [3.05, 3.63) is 88.3 Å². The Bertz CT molecular complexity index is 765. The van der Waals surface area contributed by atoms with E-state index in [2.05, 4.69) is 0 Å². The van der Waals surface area contributed by atoms with Gasteiger partial charge in [0.15, 0.2) is 0 Å². The fourth-order valence-corrected chi connectivity index (χ4v) is 2.55. The van der Waals surface area contributed by atoms with E-state index >= 15 is 0 Å². The van der Waals surface area contributed by atoms with Gasteiger partial charge in [-0.25, -0.2) is 0 Å². The molecule has 0 amide bonds. The topological polar surface area (TPSA) is 42.6 Å². The third-order valence-electron chi connectivity index (χ3n) is 3.50. The summed E-state index contributed by atoms with van der Waals surface area (Å²) in [4.78, 5) is 0. The van der Waals surface area contributed by atoms with Gasteiger partial charge in [-0.15, -0.1) is 0 Å². The number of benzene rings is 2. The average Bonchev–Trinajstić information content (AvgIpc) is 3.03. The number of hydrogen-bond acceptors (Lipinski definition) is 3. The fraction of sp³-hybridized carbons (Fsp3) is 0.158. The summed E-state index contributed by atoms with van der Waals surface area (Å²) in [6, 6.07) is 19.2. The predicted octanol–water partition coefficient (Wildman–Crippen LogP) is 4.60. The van der Waals surface area contributed by atoms with E-state index in [0.717, 1.165) is 22.6 Å². The monoisotopic (exact) mass is 328 g/mol. The second kappa shape index (κ2) is 7.36. The van der Waals surface area contributed by atoms with Crippen molar-refractivity contribution >= 4 is 11.6 Å². The van der Waals surface area contributed by atoms with Crippen molar-refractivity contribution in [2.45, 2.75) is 19.6 Å². The molecule has 1 N–H and O–H groups in total. The minimum Gasteiger partial charge on any atom is -0.489 e. The Balaban J connectivity index is 1.77. The van der Waals surface area contributed by atoms with E-state index in [1.54, 1.807) is 6.07 Å². The molecule has 3 rings (SSSR count). The van der Waals surface area contributed by atoms with Gasteiger partial charge < -0.3 is 14.3 Å². The van der Waals surface area contributed by atoms with Crippen LogP contribution in [0.25, 0.3) is 0 Å². The van der Waals surface area contributed by atoms with E-state index in [9.17, 15) is 0 Å². The molecule has 0 aliphatic heterocycles. The zero-order valence-electron chi connectivity index (χ0n) is 12.5.